The molecule has 0 aromatic carbocycles. The number of rotatable bonds is 5. The van der Waals surface area contributed by atoms with Gasteiger partial charge in [0.05, 0.1) is 0 Å². The number of pyridine rings is 1. The fourth-order valence-electron chi connectivity index (χ4n) is 3.65. The normalized spacial score (nSPS) is 18.9. The van der Waals surface area contributed by atoms with Gasteiger partial charge in [-0.2, -0.15) is 0 Å². The van der Waals surface area contributed by atoms with Crippen molar-refractivity contribution < 1.29 is 0 Å². The lowest BCUT2D eigenvalue weighted by atomic mass is 9.93. The van der Waals surface area contributed by atoms with Crippen LogP contribution in [0.3, 0.4) is 0 Å². The molecule has 0 spiro atoms. The fourth-order valence-corrected chi connectivity index (χ4v) is 3.65. The number of piperidine rings is 1. The van der Waals surface area contributed by atoms with Crippen molar-refractivity contribution in [3.05, 3.63) is 28.6 Å². The van der Waals surface area contributed by atoms with Gasteiger partial charge in [-0.25, -0.2) is 0 Å². The zero-order valence-corrected chi connectivity index (χ0v) is 14.4. The van der Waals surface area contributed by atoms with Gasteiger partial charge in [-0.1, -0.05) is 0 Å². The highest BCUT2D eigenvalue weighted by atomic mass is 15.1. The zero-order valence-electron chi connectivity index (χ0n) is 14.4. The summed E-state index contributed by atoms with van der Waals surface area (Å²) in [6.07, 6.45) is 4.02. The fraction of sp³-hybridized carbons (Fsp3) is 0.722. The first kappa shape index (κ1) is 16.4. The van der Waals surface area contributed by atoms with Crippen LogP contribution in [-0.4, -0.2) is 36.6 Å². The van der Waals surface area contributed by atoms with Gasteiger partial charge in [0.2, 0.25) is 0 Å². The molecule has 1 saturated heterocycles. The molecule has 2 rings (SSSR count). The molecule has 1 fully saturated rings. The van der Waals surface area contributed by atoms with Gasteiger partial charge >= 0.3 is 0 Å². The lowest BCUT2D eigenvalue weighted by Gasteiger charge is -2.29. The SMILES string of the molecule is Cc1cc(C)c(C(C)NCCC2CCN(C)CC2)c(C)n1. The minimum absolute atomic E-state index is 0.393. The van der Waals surface area contributed by atoms with Crippen molar-refractivity contribution in [3.63, 3.8) is 0 Å². The Labute approximate surface area is 130 Å². The van der Waals surface area contributed by atoms with Crippen LogP contribution in [0, 0.1) is 26.7 Å². The van der Waals surface area contributed by atoms with E-state index in [9.17, 15) is 0 Å². The molecule has 118 valence electrons. The Morgan fingerprint density at radius 2 is 1.95 bits per heavy atom. The van der Waals surface area contributed by atoms with Gasteiger partial charge in [-0.15, -0.1) is 0 Å². The predicted molar refractivity (Wildman–Crippen MR) is 89.7 cm³/mol. The number of aryl methyl sites for hydroxylation is 3. The summed E-state index contributed by atoms with van der Waals surface area (Å²) in [4.78, 5) is 7.06. The van der Waals surface area contributed by atoms with Gasteiger partial charge in [0.25, 0.3) is 0 Å². The number of hydrogen-bond acceptors (Lipinski definition) is 3. The lowest BCUT2D eigenvalue weighted by molar-refractivity contribution is 0.210. The first-order valence-electron chi connectivity index (χ1n) is 8.34. The van der Waals surface area contributed by atoms with Crippen LogP contribution in [0.5, 0.6) is 0 Å². The van der Waals surface area contributed by atoms with Crippen LogP contribution >= 0.6 is 0 Å². The topological polar surface area (TPSA) is 28.2 Å². The monoisotopic (exact) mass is 289 g/mol. The third kappa shape index (κ3) is 4.52. The maximum Gasteiger partial charge on any atom is 0.0426 e. The molecule has 0 amide bonds. The van der Waals surface area contributed by atoms with Crippen molar-refractivity contribution in [1.29, 1.82) is 0 Å². The molecule has 21 heavy (non-hydrogen) atoms. The van der Waals surface area contributed by atoms with Gasteiger partial charge in [0.1, 0.15) is 0 Å². The van der Waals surface area contributed by atoms with Crippen LogP contribution in [-0.2, 0) is 0 Å². The molecule has 0 aliphatic carbocycles. The predicted octanol–water partition coefficient (Wildman–Crippen LogP) is 3.39. The number of likely N-dealkylation sites (tertiary alicyclic amines) is 1. The molecule has 2 heterocycles. The first-order valence-corrected chi connectivity index (χ1v) is 8.34. The molecule has 1 aromatic heterocycles. The summed E-state index contributed by atoms with van der Waals surface area (Å²) in [5.74, 6) is 0.902. The third-order valence-corrected chi connectivity index (χ3v) is 4.86. The van der Waals surface area contributed by atoms with E-state index >= 15 is 0 Å². The van der Waals surface area contributed by atoms with Crippen molar-refractivity contribution in [2.24, 2.45) is 5.92 Å². The smallest absolute Gasteiger partial charge is 0.0426 e. The van der Waals surface area contributed by atoms with Crippen LogP contribution in [0.4, 0.5) is 0 Å². The summed E-state index contributed by atoms with van der Waals surface area (Å²) in [6, 6.07) is 2.58. The molecule has 0 saturated carbocycles. The van der Waals surface area contributed by atoms with Crippen LogP contribution in [0.15, 0.2) is 6.07 Å². The van der Waals surface area contributed by atoms with Crippen molar-refractivity contribution in [1.82, 2.24) is 15.2 Å². The Kier molecular flexibility index (Phi) is 5.77. The Bertz CT molecular complexity index is 439. The van der Waals surface area contributed by atoms with Gasteiger partial charge in [0.15, 0.2) is 0 Å². The van der Waals surface area contributed by atoms with Gasteiger partial charge in [-0.05, 0) is 96.8 Å². The van der Waals surface area contributed by atoms with Crippen LogP contribution in [0.2, 0.25) is 0 Å². The molecule has 0 bridgehead atoms. The second kappa shape index (κ2) is 7.37. The van der Waals surface area contributed by atoms with E-state index in [0.29, 0.717) is 6.04 Å². The summed E-state index contributed by atoms with van der Waals surface area (Å²) in [5.41, 5.74) is 5.03. The lowest BCUT2D eigenvalue weighted by Crippen LogP contribution is -2.32. The Balaban J connectivity index is 1.83. The first-order chi connectivity index (χ1) is 9.97. The standard InChI is InChI=1S/C18H31N3/c1-13-12-14(2)20-16(4)18(13)15(3)19-9-6-17-7-10-21(5)11-8-17/h12,15,17,19H,6-11H2,1-5H3. The molecule has 1 unspecified atom stereocenters. The molecule has 1 aliphatic heterocycles. The van der Waals surface area contributed by atoms with Crippen molar-refractivity contribution >= 4 is 0 Å². The molecule has 1 atom stereocenters. The van der Waals surface area contributed by atoms with E-state index in [2.05, 4.69) is 56.0 Å². The minimum Gasteiger partial charge on any atom is -0.310 e. The van der Waals surface area contributed by atoms with E-state index < -0.39 is 0 Å². The second-order valence-electron chi connectivity index (χ2n) is 6.79. The summed E-state index contributed by atoms with van der Waals surface area (Å²) in [6.45, 7) is 12.3. The van der Waals surface area contributed by atoms with E-state index in [4.69, 9.17) is 0 Å². The Morgan fingerprint density at radius 1 is 1.29 bits per heavy atom. The summed E-state index contributed by atoms with van der Waals surface area (Å²) in [5, 5.41) is 3.70. The van der Waals surface area contributed by atoms with Crippen LogP contribution < -0.4 is 5.32 Å². The highest BCUT2D eigenvalue weighted by Crippen LogP contribution is 2.22. The maximum absolute atomic E-state index is 4.62. The molecule has 1 aromatic rings. The van der Waals surface area contributed by atoms with E-state index in [-0.39, 0.29) is 0 Å². The number of hydrogen-bond donors (Lipinski definition) is 1. The van der Waals surface area contributed by atoms with E-state index in [1.54, 1.807) is 0 Å². The zero-order chi connectivity index (χ0) is 15.4. The highest BCUT2D eigenvalue weighted by molar-refractivity contribution is 5.33. The van der Waals surface area contributed by atoms with Crippen LogP contribution in [0.1, 0.15) is 54.7 Å². The van der Waals surface area contributed by atoms with Crippen molar-refractivity contribution in [2.75, 3.05) is 26.7 Å². The Morgan fingerprint density at radius 3 is 2.57 bits per heavy atom. The highest BCUT2D eigenvalue weighted by Gasteiger charge is 2.17. The maximum atomic E-state index is 4.62. The van der Waals surface area contributed by atoms with E-state index in [1.807, 2.05) is 0 Å². The largest absolute Gasteiger partial charge is 0.310 e. The molecule has 0 radical (unpaired) electrons. The summed E-state index contributed by atoms with van der Waals surface area (Å²) < 4.78 is 0. The van der Waals surface area contributed by atoms with E-state index in [1.165, 1.54) is 49.2 Å². The molecule has 1 N–H and O–H groups in total. The number of nitrogens with zero attached hydrogens (tertiary/aromatic N) is 2. The third-order valence-electron chi connectivity index (χ3n) is 4.86. The average Bonchev–Trinajstić information content (AvgIpc) is 2.40. The van der Waals surface area contributed by atoms with Crippen molar-refractivity contribution in [2.45, 2.75) is 53.0 Å². The van der Waals surface area contributed by atoms with Gasteiger partial charge in [-0.3, -0.25) is 4.98 Å². The number of nitrogens with one attached hydrogen (secondary N) is 1. The number of aromatic nitrogens is 1. The van der Waals surface area contributed by atoms with Crippen LogP contribution in [0.25, 0.3) is 0 Å². The molecular formula is C18H31N3. The minimum atomic E-state index is 0.393. The van der Waals surface area contributed by atoms with Gasteiger partial charge in [0, 0.05) is 17.4 Å². The quantitative estimate of drug-likeness (QED) is 0.900. The second-order valence-corrected chi connectivity index (χ2v) is 6.79. The summed E-state index contributed by atoms with van der Waals surface area (Å²) >= 11 is 0. The van der Waals surface area contributed by atoms with Crippen molar-refractivity contribution in [3.8, 4) is 0 Å². The molecule has 1 aliphatic rings. The van der Waals surface area contributed by atoms with E-state index in [0.717, 1.165) is 18.2 Å². The molecular weight excluding hydrogens is 258 g/mol. The molecule has 3 heteroatoms. The Hall–Kier alpha value is -0.930. The molecule has 3 nitrogen and oxygen atoms in total. The van der Waals surface area contributed by atoms with Gasteiger partial charge < -0.3 is 10.2 Å². The summed E-state index contributed by atoms with van der Waals surface area (Å²) in [7, 11) is 2.23. The average molecular weight is 289 g/mol.